The zero-order chi connectivity index (χ0) is 12.5. The number of carbonyl (C=O) groups excluding carboxylic acids is 1. The summed E-state index contributed by atoms with van der Waals surface area (Å²) in [6.45, 7) is 0.247. The third-order valence-electron chi connectivity index (χ3n) is 2.85. The number of rotatable bonds is 3. The summed E-state index contributed by atoms with van der Waals surface area (Å²) in [4.78, 5) is 12.0. The fourth-order valence-electron chi connectivity index (χ4n) is 1.96. The molecule has 90 valence electrons. The van der Waals surface area contributed by atoms with Crippen LogP contribution in [-0.2, 0) is 6.54 Å². The first-order valence-electron chi connectivity index (χ1n) is 5.55. The standard InChI is InChI=1S/C14H10ClNO2/c15-11-4-3-10-5-6-16(12(10)8-11)9-13(17)14-2-1-7-18-14/h1-8H,9H2. The van der Waals surface area contributed by atoms with Gasteiger partial charge in [-0.3, -0.25) is 4.79 Å². The highest BCUT2D eigenvalue weighted by atomic mass is 35.5. The highest BCUT2D eigenvalue weighted by Gasteiger charge is 2.11. The van der Waals surface area contributed by atoms with Crippen LogP contribution >= 0.6 is 11.6 Å². The Morgan fingerprint density at radius 3 is 2.94 bits per heavy atom. The second-order valence-corrected chi connectivity index (χ2v) is 4.48. The van der Waals surface area contributed by atoms with Gasteiger partial charge in [0.25, 0.3) is 0 Å². The zero-order valence-electron chi connectivity index (χ0n) is 9.47. The number of hydrogen-bond acceptors (Lipinski definition) is 2. The maximum Gasteiger partial charge on any atom is 0.217 e. The third-order valence-corrected chi connectivity index (χ3v) is 3.08. The first kappa shape index (κ1) is 11.1. The molecule has 0 saturated carbocycles. The number of benzene rings is 1. The predicted octanol–water partition coefficient (Wildman–Crippen LogP) is 3.77. The summed E-state index contributed by atoms with van der Waals surface area (Å²) in [7, 11) is 0. The van der Waals surface area contributed by atoms with Crippen LogP contribution in [0.25, 0.3) is 10.9 Å². The van der Waals surface area contributed by atoms with E-state index < -0.39 is 0 Å². The molecule has 4 heteroatoms. The van der Waals surface area contributed by atoms with Crippen LogP contribution in [-0.4, -0.2) is 10.4 Å². The summed E-state index contributed by atoms with van der Waals surface area (Å²) in [6.07, 6.45) is 3.37. The Labute approximate surface area is 109 Å². The van der Waals surface area contributed by atoms with Gasteiger partial charge >= 0.3 is 0 Å². The lowest BCUT2D eigenvalue weighted by Crippen LogP contribution is -2.08. The largest absolute Gasteiger partial charge is 0.461 e. The molecule has 2 aromatic heterocycles. The van der Waals surface area contributed by atoms with Gasteiger partial charge < -0.3 is 8.98 Å². The van der Waals surface area contributed by atoms with Crippen molar-refractivity contribution in [1.82, 2.24) is 4.57 Å². The van der Waals surface area contributed by atoms with Gasteiger partial charge in [0.2, 0.25) is 5.78 Å². The first-order chi connectivity index (χ1) is 8.74. The molecule has 0 aliphatic heterocycles. The van der Waals surface area contributed by atoms with Crippen LogP contribution in [0.2, 0.25) is 5.02 Å². The van der Waals surface area contributed by atoms with E-state index in [1.54, 1.807) is 12.1 Å². The minimum absolute atomic E-state index is 0.0579. The smallest absolute Gasteiger partial charge is 0.217 e. The highest BCUT2D eigenvalue weighted by Crippen LogP contribution is 2.21. The van der Waals surface area contributed by atoms with Gasteiger partial charge in [-0.15, -0.1) is 0 Å². The summed E-state index contributed by atoms with van der Waals surface area (Å²) < 4.78 is 6.96. The SMILES string of the molecule is O=C(Cn1ccc2ccc(Cl)cc21)c1ccco1. The number of halogens is 1. The predicted molar refractivity (Wildman–Crippen MR) is 70.0 cm³/mol. The number of nitrogens with zero attached hydrogens (tertiary/aromatic N) is 1. The zero-order valence-corrected chi connectivity index (χ0v) is 10.2. The average Bonchev–Trinajstić information content (AvgIpc) is 2.99. The quantitative estimate of drug-likeness (QED) is 0.671. The molecule has 0 spiro atoms. The molecule has 0 atom stereocenters. The van der Waals surface area contributed by atoms with Crippen LogP contribution in [0.5, 0.6) is 0 Å². The van der Waals surface area contributed by atoms with Crippen LogP contribution in [0.1, 0.15) is 10.6 Å². The van der Waals surface area contributed by atoms with Crippen LogP contribution < -0.4 is 0 Å². The van der Waals surface area contributed by atoms with Crippen LogP contribution in [0.4, 0.5) is 0 Å². The first-order valence-corrected chi connectivity index (χ1v) is 5.93. The van der Waals surface area contributed by atoms with Gasteiger partial charge in [0.1, 0.15) is 0 Å². The molecule has 3 rings (SSSR count). The van der Waals surface area contributed by atoms with Crippen molar-refractivity contribution in [3.05, 3.63) is 59.6 Å². The molecule has 1 aromatic carbocycles. The summed E-state index contributed by atoms with van der Waals surface area (Å²) in [6, 6.07) is 11.0. The van der Waals surface area contributed by atoms with Crippen molar-refractivity contribution >= 4 is 28.3 Å². The van der Waals surface area contributed by atoms with Crippen LogP contribution in [0.3, 0.4) is 0 Å². The molecule has 0 unspecified atom stereocenters. The van der Waals surface area contributed by atoms with E-state index in [4.69, 9.17) is 16.0 Å². The van der Waals surface area contributed by atoms with Gasteiger partial charge in [-0.05, 0) is 35.7 Å². The Morgan fingerprint density at radius 1 is 1.28 bits per heavy atom. The van der Waals surface area contributed by atoms with Crippen molar-refractivity contribution in [2.45, 2.75) is 6.54 Å². The number of Topliss-reactive ketones (excluding diaryl/α,β-unsaturated/α-hetero) is 1. The monoisotopic (exact) mass is 259 g/mol. The molecule has 0 N–H and O–H groups in total. The van der Waals surface area contributed by atoms with E-state index >= 15 is 0 Å². The average molecular weight is 260 g/mol. The molecule has 0 amide bonds. The number of fused-ring (bicyclic) bond motifs is 1. The second kappa shape index (κ2) is 4.35. The third kappa shape index (κ3) is 1.93. The fraction of sp³-hybridized carbons (Fsp3) is 0.0714. The lowest BCUT2D eigenvalue weighted by atomic mass is 10.2. The molecule has 3 nitrogen and oxygen atoms in total. The molecule has 0 fully saturated rings. The topological polar surface area (TPSA) is 35.1 Å². The van der Waals surface area contributed by atoms with Crippen molar-refractivity contribution in [2.24, 2.45) is 0 Å². The molecule has 0 bridgehead atoms. The fourth-order valence-corrected chi connectivity index (χ4v) is 2.13. The van der Waals surface area contributed by atoms with Crippen molar-refractivity contribution in [3.63, 3.8) is 0 Å². The van der Waals surface area contributed by atoms with Crippen molar-refractivity contribution in [1.29, 1.82) is 0 Å². The molecular weight excluding hydrogens is 250 g/mol. The van der Waals surface area contributed by atoms with Crippen molar-refractivity contribution in [2.75, 3.05) is 0 Å². The molecule has 0 aliphatic rings. The summed E-state index contributed by atoms with van der Waals surface area (Å²) in [5, 5.41) is 1.72. The van der Waals surface area contributed by atoms with E-state index in [0.717, 1.165) is 10.9 Å². The number of furan rings is 1. The molecule has 0 aliphatic carbocycles. The minimum atomic E-state index is -0.0579. The Bertz CT molecular complexity index is 698. The molecule has 3 aromatic rings. The van der Waals surface area contributed by atoms with Gasteiger partial charge in [-0.1, -0.05) is 17.7 Å². The number of ketones is 1. The second-order valence-electron chi connectivity index (χ2n) is 4.05. The Hall–Kier alpha value is -2.00. The van der Waals surface area contributed by atoms with Gasteiger partial charge in [-0.2, -0.15) is 0 Å². The van der Waals surface area contributed by atoms with Crippen molar-refractivity contribution in [3.8, 4) is 0 Å². The number of hydrogen-bond donors (Lipinski definition) is 0. The lowest BCUT2D eigenvalue weighted by molar-refractivity contribution is 0.0946. The lowest BCUT2D eigenvalue weighted by Gasteiger charge is -2.03. The maximum absolute atomic E-state index is 12.0. The number of carbonyl (C=O) groups is 1. The normalized spacial score (nSPS) is 10.9. The van der Waals surface area contributed by atoms with E-state index in [1.807, 2.05) is 35.0 Å². The summed E-state index contributed by atoms with van der Waals surface area (Å²) in [5.74, 6) is 0.316. The summed E-state index contributed by atoms with van der Waals surface area (Å²) in [5.41, 5.74) is 0.947. The maximum atomic E-state index is 12.0. The molecule has 2 heterocycles. The molecular formula is C14H10ClNO2. The molecule has 18 heavy (non-hydrogen) atoms. The van der Waals surface area contributed by atoms with Crippen molar-refractivity contribution < 1.29 is 9.21 Å². The van der Waals surface area contributed by atoms with Gasteiger partial charge in [0, 0.05) is 16.7 Å². The molecule has 0 saturated heterocycles. The van der Waals surface area contributed by atoms with E-state index in [2.05, 4.69) is 0 Å². The van der Waals surface area contributed by atoms with Gasteiger partial charge in [-0.25, -0.2) is 0 Å². The van der Waals surface area contributed by atoms with E-state index in [0.29, 0.717) is 10.8 Å². The van der Waals surface area contributed by atoms with E-state index in [-0.39, 0.29) is 12.3 Å². The van der Waals surface area contributed by atoms with Crippen LogP contribution in [0.15, 0.2) is 53.3 Å². The Balaban J connectivity index is 1.95. The van der Waals surface area contributed by atoms with E-state index in [1.165, 1.54) is 6.26 Å². The highest BCUT2D eigenvalue weighted by molar-refractivity contribution is 6.31. The Morgan fingerprint density at radius 2 is 2.17 bits per heavy atom. The van der Waals surface area contributed by atoms with Crippen LogP contribution in [0, 0.1) is 0 Å². The van der Waals surface area contributed by atoms with Gasteiger partial charge in [0.15, 0.2) is 5.76 Å². The van der Waals surface area contributed by atoms with E-state index in [9.17, 15) is 4.79 Å². The minimum Gasteiger partial charge on any atom is -0.461 e. The van der Waals surface area contributed by atoms with Gasteiger partial charge in [0.05, 0.1) is 12.8 Å². The molecule has 0 radical (unpaired) electrons. The Kier molecular flexibility index (Phi) is 2.68. The number of aromatic nitrogens is 1. The summed E-state index contributed by atoms with van der Waals surface area (Å²) >= 11 is 5.97.